The number of fused-ring (bicyclic) bond motifs is 2. The smallest absolute Gasteiger partial charge is 0.231 e. The Hall–Kier alpha value is -4.03. The van der Waals surface area contributed by atoms with Crippen molar-refractivity contribution in [3.63, 3.8) is 0 Å². The summed E-state index contributed by atoms with van der Waals surface area (Å²) in [6.45, 7) is 0.848. The third kappa shape index (κ3) is 3.64. The molecule has 0 amide bonds. The van der Waals surface area contributed by atoms with E-state index in [1.54, 1.807) is 6.33 Å². The number of nitrogens with one attached hydrogen (secondary N) is 1. The van der Waals surface area contributed by atoms with E-state index in [1.165, 1.54) is 0 Å². The van der Waals surface area contributed by atoms with Crippen LogP contribution in [0, 0.1) is 0 Å². The Balaban J connectivity index is 1.44. The summed E-state index contributed by atoms with van der Waals surface area (Å²) in [5, 5.41) is 5.15. The minimum Gasteiger partial charge on any atom is -0.454 e. The first kappa shape index (κ1) is 19.6. The van der Waals surface area contributed by atoms with E-state index in [4.69, 9.17) is 21.1 Å². The van der Waals surface area contributed by atoms with Gasteiger partial charge in [0, 0.05) is 29.0 Å². The van der Waals surface area contributed by atoms with E-state index in [9.17, 15) is 0 Å². The molecule has 33 heavy (non-hydrogen) atoms. The van der Waals surface area contributed by atoms with Crippen molar-refractivity contribution < 1.29 is 9.47 Å². The first-order valence-electron chi connectivity index (χ1n) is 10.6. The summed E-state index contributed by atoms with van der Waals surface area (Å²) in [6, 6.07) is 23.9. The number of hydrogen-bond donors (Lipinski definition) is 1. The van der Waals surface area contributed by atoms with Crippen molar-refractivity contribution in [1.82, 2.24) is 14.5 Å². The van der Waals surface area contributed by atoms with E-state index in [0.717, 1.165) is 50.7 Å². The fourth-order valence-electron chi connectivity index (χ4n) is 4.07. The molecule has 0 spiro atoms. The van der Waals surface area contributed by atoms with E-state index in [2.05, 4.69) is 38.2 Å². The topological polar surface area (TPSA) is 61.2 Å². The van der Waals surface area contributed by atoms with Crippen molar-refractivity contribution >= 4 is 28.5 Å². The number of ether oxygens (including phenoxy) is 2. The van der Waals surface area contributed by atoms with Gasteiger partial charge in [-0.2, -0.15) is 0 Å². The minimum atomic E-state index is 0.261. The lowest BCUT2D eigenvalue weighted by molar-refractivity contribution is 0.174. The van der Waals surface area contributed by atoms with Crippen LogP contribution in [0.1, 0.15) is 5.56 Å². The lowest BCUT2D eigenvalue weighted by Gasteiger charge is -2.09. The van der Waals surface area contributed by atoms with Gasteiger partial charge < -0.3 is 19.4 Å². The van der Waals surface area contributed by atoms with Crippen molar-refractivity contribution in [2.24, 2.45) is 0 Å². The second-order valence-electron chi connectivity index (χ2n) is 7.72. The van der Waals surface area contributed by atoms with E-state index in [0.29, 0.717) is 11.6 Å². The van der Waals surface area contributed by atoms with E-state index in [1.807, 2.05) is 60.7 Å². The molecule has 1 N–H and O–H groups in total. The molecule has 6 rings (SSSR count). The second-order valence-corrected chi connectivity index (χ2v) is 8.15. The second kappa shape index (κ2) is 8.15. The van der Waals surface area contributed by atoms with Crippen LogP contribution in [0.15, 0.2) is 85.3 Å². The van der Waals surface area contributed by atoms with Crippen LogP contribution in [0.25, 0.3) is 27.8 Å². The molecule has 2 aromatic heterocycles. The van der Waals surface area contributed by atoms with Gasteiger partial charge in [-0.1, -0.05) is 48.0 Å². The Morgan fingerprint density at radius 2 is 1.73 bits per heavy atom. The van der Waals surface area contributed by atoms with Crippen molar-refractivity contribution in [1.29, 1.82) is 0 Å². The predicted octanol–water partition coefficient (Wildman–Crippen LogP) is 6.08. The fourth-order valence-corrected chi connectivity index (χ4v) is 4.19. The SMILES string of the molecule is Clc1ccc(-n2cc(-c3ccccc3)c3c(NCc4ccc5c(c4)OCO5)ncnc32)cc1. The van der Waals surface area contributed by atoms with Gasteiger partial charge in [0.05, 0.1) is 5.39 Å². The highest BCUT2D eigenvalue weighted by Gasteiger charge is 2.18. The predicted molar refractivity (Wildman–Crippen MR) is 129 cm³/mol. The largest absolute Gasteiger partial charge is 0.454 e. The third-order valence-electron chi connectivity index (χ3n) is 5.67. The molecule has 5 aromatic rings. The summed E-state index contributed by atoms with van der Waals surface area (Å²) < 4.78 is 13.0. The molecule has 3 aromatic carbocycles. The van der Waals surface area contributed by atoms with E-state index >= 15 is 0 Å². The van der Waals surface area contributed by atoms with Crippen LogP contribution in [0.2, 0.25) is 5.02 Å². The zero-order valence-electron chi connectivity index (χ0n) is 17.5. The number of anilines is 1. The third-order valence-corrected chi connectivity index (χ3v) is 5.92. The summed E-state index contributed by atoms with van der Waals surface area (Å²) in [6.07, 6.45) is 3.69. The zero-order chi connectivity index (χ0) is 22.2. The van der Waals surface area contributed by atoms with Crippen molar-refractivity contribution in [2.75, 3.05) is 12.1 Å². The minimum absolute atomic E-state index is 0.261. The Kier molecular flexibility index (Phi) is 4.85. The van der Waals surface area contributed by atoms with Crippen LogP contribution in [0.4, 0.5) is 5.82 Å². The number of benzene rings is 3. The average Bonchev–Trinajstić information content (AvgIpc) is 3.49. The average molecular weight is 455 g/mol. The Morgan fingerprint density at radius 3 is 2.58 bits per heavy atom. The standard InChI is InChI=1S/C26H19ClN4O2/c27-19-7-9-20(10-8-19)31-14-21(18-4-2-1-3-5-18)24-25(29-15-30-26(24)31)28-13-17-6-11-22-23(12-17)33-16-32-22/h1-12,14-15H,13,16H2,(H,28,29,30). The van der Waals surface area contributed by atoms with Crippen molar-refractivity contribution in [2.45, 2.75) is 6.54 Å². The first-order valence-corrected chi connectivity index (χ1v) is 10.9. The van der Waals surface area contributed by atoms with Crippen molar-refractivity contribution in [3.05, 3.63) is 95.9 Å². The maximum Gasteiger partial charge on any atom is 0.231 e. The van der Waals surface area contributed by atoms with Crippen molar-refractivity contribution in [3.8, 4) is 28.3 Å². The molecule has 0 atom stereocenters. The molecular formula is C26H19ClN4O2. The highest BCUT2D eigenvalue weighted by molar-refractivity contribution is 6.30. The number of halogens is 1. The van der Waals surface area contributed by atoms with Crippen LogP contribution in [-0.4, -0.2) is 21.3 Å². The molecule has 0 bridgehead atoms. The monoisotopic (exact) mass is 454 g/mol. The molecule has 1 aliphatic heterocycles. The Bertz CT molecular complexity index is 1450. The number of rotatable bonds is 5. The van der Waals surface area contributed by atoms with Gasteiger partial charge in [0.2, 0.25) is 6.79 Å². The highest BCUT2D eigenvalue weighted by Crippen LogP contribution is 2.36. The molecule has 0 unspecified atom stereocenters. The fraction of sp³-hybridized carbons (Fsp3) is 0.0769. The van der Waals surface area contributed by atoms with Crippen LogP contribution in [-0.2, 0) is 6.54 Å². The van der Waals surface area contributed by atoms with E-state index < -0.39 is 0 Å². The lowest BCUT2D eigenvalue weighted by atomic mass is 10.1. The van der Waals surface area contributed by atoms with E-state index in [-0.39, 0.29) is 6.79 Å². The lowest BCUT2D eigenvalue weighted by Crippen LogP contribution is -2.03. The molecular weight excluding hydrogens is 436 g/mol. The molecule has 7 heteroatoms. The maximum atomic E-state index is 6.12. The summed E-state index contributed by atoms with van der Waals surface area (Å²) in [4.78, 5) is 9.22. The van der Waals surface area contributed by atoms with Gasteiger partial charge >= 0.3 is 0 Å². The summed E-state index contributed by atoms with van der Waals surface area (Å²) in [7, 11) is 0. The van der Waals surface area contributed by atoms with Gasteiger partial charge in [-0.05, 0) is 47.5 Å². The molecule has 6 nitrogen and oxygen atoms in total. The van der Waals surface area contributed by atoms with Crippen LogP contribution < -0.4 is 14.8 Å². The van der Waals surface area contributed by atoms with Gasteiger partial charge in [-0.15, -0.1) is 0 Å². The number of aromatic nitrogens is 3. The van der Waals surface area contributed by atoms with Crippen LogP contribution in [0.3, 0.4) is 0 Å². The highest BCUT2D eigenvalue weighted by atomic mass is 35.5. The molecule has 1 aliphatic rings. The van der Waals surface area contributed by atoms with Crippen LogP contribution >= 0.6 is 11.6 Å². The quantitative estimate of drug-likeness (QED) is 0.348. The van der Waals surface area contributed by atoms with Gasteiger partial charge in [0.25, 0.3) is 0 Å². The summed E-state index contributed by atoms with van der Waals surface area (Å²) >= 11 is 6.12. The normalized spacial score (nSPS) is 12.3. The molecule has 3 heterocycles. The maximum absolute atomic E-state index is 6.12. The number of nitrogens with zero attached hydrogens (tertiary/aromatic N) is 3. The van der Waals surface area contributed by atoms with Gasteiger partial charge in [-0.25, -0.2) is 9.97 Å². The molecule has 0 saturated heterocycles. The summed E-state index contributed by atoms with van der Waals surface area (Å²) in [5.41, 5.74) is 5.02. The molecule has 162 valence electrons. The zero-order valence-corrected chi connectivity index (χ0v) is 18.3. The molecule has 0 saturated carbocycles. The Morgan fingerprint density at radius 1 is 0.909 bits per heavy atom. The van der Waals surface area contributed by atoms with Gasteiger partial charge in [0.15, 0.2) is 17.1 Å². The molecule has 0 aliphatic carbocycles. The van der Waals surface area contributed by atoms with Gasteiger partial charge in [-0.3, -0.25) is 0 Å². The molecule has 0 radical (unpaired) electrons. The number of hydrogen-bond acceptors (Lipinski definition) is 5. The summed E-state index contributed by atoms with van der Waals surface area (Å²) in [5.74, 6) is 2.31. The first-order chi connectivity index (χ1) is 16.3. The Labute approximate surface area is 195 Å². The van der Waals surface area contributed by atoms with Crippen LogP contribution in [0.5, 0.6) is 11.5 Å². The van der Waals surface area contributed by atoms with Gasteiger partial charge in [0.1, 0.15) is 12.1 Å². The molecule has 0 fully saturated rings.